The molecule has 1 aliphatic heterocycles. The smallest absolute Gasteiger partial charge is 0.220 e. The van der Waals surface area contributed by atoms with Crippen LogP contribution in [0.3, 0.4) is 0 Å². The molecule has 0 saturated carbocycles. The van der Waals surface area contributed by atoms with Crippen molar-refractivity contribution in [2.75, 3.05) is 13.2 Å². The molecule has 142 valence electrons. The fourth-order valence-corrected chi connectivity index (χ4v) is 2.99. The number of aliphatic imine (C=N–C) groups is 2. The molecule has 4 N–H and O–H groups in total. The van der Waals surface area contributed by atoms with E-state index in [1.54, 1.807) is 41.3 Å². The Labute approximate surface area is 166 Å². The first-order chi connectivity index (χ1) is 13.0. The Morgan fingerprint density at radius 2 is 1.85 bits per heavy atom. The zero-order valence-corrected chi connectivity index (χ0v) is 15.8. The number of nitrogens with zero attached hydrogens (tertiary/aromatic N) is 3. The van der Waals surface area contributed by atoms with Gasteiger partial charge in [-0.05, 0) is 36.8 Å². The molecular weight excluding hydrogens is 392 g/mol. The van der Waals surface area contributed by atoms with Crippen LogP contribution in [0, 0.1) is 5.82 Å². The summed E-state index contributed by atoms with van der Waals surface area (Å²) in [6, 6.07) is 11.8. The van der Waals surface area contributed by atoms with Crippen LogP contribution in [0.4, 0.5) is 4.39 Å². The van der Waals surface area contributed by atoms with Crippen molar-refractivity contribution in [3.8, 4) is 5.75 Å². The van der Waals surface area contributed by atoms with Gasteiger partial charge >= 0.3 is 0 Å². The van der Waals surface area contributed by atoms with Crippen LogP contribution in [-0.4, -0.2) is 30.0 Å². The van der Waals surface area contributed by atoms with E-state index in [1.165, 1.54) is 6.07 Å². The average molecular weight is 410 g/mol. The van der Waals surface area contributed by atoms with E-state index >= 15 is 0 Å². The van der Waals surface area contributed by atoms with Gasteiger partial charge in [0.2, 0.25) is 11.9 Å². The van der Waals surface area contributed by atoms with Crippen molar-refractivity contribution in [3.05, 3.63) is 63.9 Å². The summed E-state index contributed by atoms with van der Waals surface area (Å²) in [7, 11) is 0. The SMILES string of the molecule is NC1=NC(c2cccc(Cl)c2F)N(CCCOc2ccc(Cl)cc2)C(N)=N1. The van der Waals surface area contributed by atoms with Gasteiger partial charge < -0.3 is 21.1 Å². The fraction of sp³-hybridized carbons (Fsp3) is 0.222. The maximum Gasteiger partial charge on any atom is 0.220 e. The van der Waals surface area contributed by atoms with Crippen LogP contribution in [0.15, 0.2) is 52.4 Å². The zero-order chi connectivity index (χ0) is 19.4. The summed E-state index contributed by atoms with van der Waals surface area (Å²) in [5.74, 6) is 0.307. The molecule has 2 aromatic carbocycles. The number of benzene rings is 2. The molecule has 3 rings (SSSR count). The molecule has 0 radical (unpaired) electrons. The lowest BCUT2D eigenvalue weighted by atomic mass is 10.1. The summed E-state index contributed by atoms with van der Waals surface area (Å²) >= 11 is 11.7. The number of hydrogen-bond donors (Lipinski definition) is 2. The van der Waals surface area contributed by atoms with Crippen molar-refractivity contribution in [3.63, 3.8) is 0 Å². The second kappa shape index (κ2) is 8.45. The number of halogens is 3. The molecule has 0 amide bonds. The molecule has 0 saturated heterocycles. The first-order valence-corrected chi connectivity index (χ1v) is 8.97. The highest BCUT2D eigenvalue weighted by molar-refractivity contribution is 6.31. The Morgan fingerprint density at radius 3 is 2.59 bits per heavy atom. The Morgan fingerprint density at radius 1 is 1.11 bits per heavy atom. The molecule has 6 nitrogen and oxygen atoms in total. The third-order valence-corrected chi connectivity index (χ3v) is 4.50. The molecule has 1 atom stereocenters. The van der Waals surface area contributed by atoms with Crippen molar-refractivity contribution in [1.29, 1.82) is 0 Å². The van der Waals surface area contributed by atoms with Crippen molar-refractivity contribution >= 4 is 35.1 Å². The minimum atomic E-state index is -0.739. The standard InChI is InChI=1S/C18H18Cl2FN5O/c19-11-5-7-12(8-6-11)27-10-2-9-26-16(24-17(22)25-18(26)23)13-3-1-4-14(20)15(13)21/h1,3-8,16H,2,9-10H2,(H4,22,23,24,25). The summed E-state index contributed by atoms with van der Waals surface area (Å²) in [6.07, 6.45) is -0.135. The lowest BCUT2D eigenvalue weighted by molar-refractivity contribution is 0.255. The average Bonchev–Trinajstić information content (AvgIpc) is 2.63. The number of ether oxygens (including phenoxy) is 1. The molecule has 1 aliphatic rings. The zero-order valence-electron chi connectivity index (χ0n) is 14.3. The predicted molar refractivity (Wildman–Crippen MR) is 106 cm³/mol. The van der Waals surface area contributed by atoms with Gasteiger partial charge in [0.25, 0.3) is 0 Å². The van der Waals surface area contributed by atoms with Crippen molar-refractivity contribution in [1.82, 2.24) is 4.90 Å². The molecule has 27 heavy (non-hydrogen) atoms. The lowest BCUT2D eigenvalue weighted by Crippen LogP contribution is -2.45. The summed E-state index contributed by atoms with van der Waals surface area (Å²) in [5.41, 5.74) is 12.0. The predicted octanol–water partition coefficient (Wildman–Crippen LogP) is 3.55. The maximum absolute atomic E-state index is 14.5. The summed E-state index contributed by atoms with van der Waals surface area (Å²) < 4.78 is 20.1. The molecule has 1 heterocycles. The fourth-order valence-electron chi connectivity index (χ4n) is 2.68. The van der Waals surface area contributed by atoms with E-state index in [2.05, 4.69) is 9.98 Å². The maximum atomic E-state index is 14.5. The molecule has 0 bridgehead atoms. The number of guanidine groups is 2. The van der Waals surface area contributed by atoms with Gasteiger partial charge in [-0.2, -0.15) is 4.99 Å². The van der Waals surface area contributed by atoms with Gasteiger partial charge in [0.15, 0.2) is 6.17 Å². The van der Waals surface area contributed by atoms with Crippen LogP contribution < -0.4 is 16.2 Å². The van der Waals surface area contributed by atoms with E-state index in [0.717, 1.165) is 0 Å². The van der Waals surface area contributed by atoms with Crippen LogP contribution in [-0.2, 0) is 0 Å². The van der Waals surface area contributed by atoms with E-state index in [9.17, 15) is 4.39 Å². The van der Waals surface area contributed by atoms with E-state index in [0.29, 0.717) is 30.3 Å². The minimum Gasteiger partial charge on any atom is -0.494 e. The van der Waals surface area contributed by atoms with Gasteiger partial charge in [0.05, 0.1) is 11.6 Å². The monoisotopic (exact) mass is 409 g/mol. The van der Waals surface area contributed by atoms with Crippen LogP contribution in [0.1, 0.15) is 18.2 Å². The van der Waals surface area contributed by atoms with Crippen LogP contribution in [0.2, 0.25) is 10.0 Å². The summed E-state index contributed by atoms with van der Waals surface area (Å²) in [4.78, 5) is 9.87. The van der Waals surface area contributed by atoms with E-state index < -0.39 is 12.0 Å². The van der Waals surface area contributed by atoms with Crippen molar-refractivity contribution < 1.29 is 9.13 Å². The van der Waals surface area contributed by atoms with E-state index in [1.807, 2.05) is 0 Å². The molecule has 2 aromatic rings. The normalized spacial score (nSPS) is 16.7. The Kier molecular flexibility index (Phi) is 6.03. The van der Waals surface area contributed by atoms with Gasteiger partial charge in [-0.15, -0.1) is 0 Å². The Bertz CT molecular complexity index is 873. The molecule has 1 unspecified atom stereocenters. The lowest BCUT2D eigenvalue weighted by Gasteiger charge is -2.33. The van der Waals surface area contributed by atoms with Crippen molar-refractivity contribution in [2.45, 2.75) is 12.6 Å². The third-order valence-electron chi connectivity index (χ3n) is 3.96. The largest absolute Gasteiger partial charge is 0.494 e. The van der Waals surface area contributed by atoms with Gasteiger partial charge in [-0.1, -0.05) is 35.3 Å². The van der Waals surface area contributed by atoms with Crippen LogP contribution in [0.5, 0.6) is 5.75 Å². The first kappa shape index (κ1) is 19.3. The molecule has 0 fully saturated rings. The Balaban J connectivity index is 1.68. The quantitative estimate of drug-likeness (QED) is 0.713. The second-order valence-electron chi connectivity index (χ2n) is 5.82. The highest BCUT2D eigenvalue weighted by Crippen LogP contribution is 2.30. The molecule has 9 heteroatoms. The van der Waals surface area contributed by atoms with Gasteiger partial charge in [-0.25, -0.2) is 9.38 Å². The third kappa shape index (κ3) is 4.61. The minimum absolute atomic E-state index is 0.00776. The topological polar surface area (TPSA) is 89.2 Å². The molecule has 0 aromatic heterocycles. The van der Waals surface area contributed by atoms with E-state index in [4.69, 9.17) is 39.4 Å². The summed E-state index contributed by atoms with van der Waals surface area (Å²) in [6.45, 7) is 0.867. The van der Waals surface area contributed by atoms with Crippen LogP contribution >= 0.6 is 23.2 Å². The highest BCUT2D eigenvalue weighted by atomic mass is 35.5. The highest BCUT2D eigenvalue weighted by Gasteiger charge is 2.28. The second-order valence-corrected chi connectivity index (χ2v) is 6.67. The Hall–Kier alpha value is -2.51. The molecule has 0 spiro atoms. The summed E-state index contributed by atoms with van der Waals surface area (Å²) in [5, 5.41) is 0.648. The molecular formula is C18H18Cl2FN5O. The van der Waals surface area contributed by atoms with Gasteiger partial charge in [0, 0.05) is 17.1 Å². The van der Waals surface area contributed by atoms with Crippen molar-refractivity contribution in [2.24, 2.45) is 21.5 Å². The first-order valence-electron chi connectivity index (χ1n) is 8.22. The van der Waals surface area contributed by atoms with Gasteiger partial charge in [-0.3, -0.25) is 0 Å². The van der Waals surface area contributed by atoms with Gasteiger partial charge in [0.1, 0.15) is 11.6 Å². The number of nitrogens with two attached hydrogens (primary N) is 2. The number of rotatable bonds is 6. The van der Waals surface area contributed by atoms with Crippen LogP contribution in [0.25, 0.3) is 0 Å². The number of hydrogen-bond acceptors (Lipinski definition) is 6. The van der Waals surface area contributed by atoms with E-state index in [-0.39, 0.29) is 22.5 Å². The molecule has 0 aliphatic carbocycles.